The predicted octanol–water partition coefficient (Wildman–Crippen LogP) is 2.44. The third-order valence-corrected chi connectivity index (χ3v) is 5.76. The van der Waals surface area contributed by atoms with Crippen LogP contribution in [0.2, 0.25) is 0 Å². The number of benzene rings is 1. The molecule has 146 valence electrons. The van der Waals surface area contributed by atoms with Crippen molar-refractivity contribution >= 4 is 11.8 Å². The van der Waals surface area contributed by atoms with Crippen LogP contribution in [-0.2, 0) is 16.0 Å². The molecular weight excluding hydrogens is 361 g/mol. The zero-order valence-corrected chi connectivity index (χ0v) is 14.7. The van der Waals surface area contributed by atoms with Gasteiger partial charge in [0.05, 0.1) is 5.92 Å². The summed E-state index contributed by atoms with van der Waals surface area (Å²) in [5.41, 5.74) is 0.562. The molecule has 27 heavy (non-hydrogen) atoms. The van der Waals surface area contributed by atoms with Gasteiger partial charge in [-0.1, -0.05) is 18.2 Å². The number of likely N-dealkylation sites (tertiary alicyclic amines) is 1. The first-order chi connectivity index (χ1) is 12.8. The van der Waals surface area contributed by atoms with E-state index in [0.29, 0.717) is 18.5 Å². The number of carbonyl (C=O) groups is 2. The van der Waals surface area contributed by atoms with Gasteiger partial charge in [0.2, 0.25) is 17.9 Å². The number of carbonyl (C=O) groups excluding carboxylic acids is 2. The molecule has 5 nitrogen and oxygen atoms in total. The van der Waals surface area contributed by atoms with Gasteiger partial charge in [-0.3, -0.25) is 9.59 Å². The zero-order chi connectivity index (χ0) is 19.2. The van der Waals surface area contributed by atoms with Gasteiger partial charge in [0.25, 0.3) is 0 Å². The molecule has 3 aliphatic rings. The van der Waals surface area contributed by atoms with Gasteiger partial charge < -0.3 is 15.0 Å². The van der Waals surface area contributed by atoms with Crippen LogP contribution in [0, 0.1) is 5.92 Å². The van der Waals surface area contributed by atoms with Crippen molar-refractivity contribution < 1.29 is 27.5 Å². The van der Waals surface area contributed by atoms with Crippen LogP contribution in [0.25, 0.3) is 0 Å². The Morgan fingerprint density at radius 2 is 1.93 bits per heavy atom. The van der Waals surface area contributed by atoms with Crippen molar-refractivity contribution in [3.63, 3.8) is 0 Å². The van der Waals surface area contributed by atoms with E-state index in [-0.39, 0.29) is 24.1 Å². The fourth-order valence-electron chi connectivity index (χ4n) is 4.05. The van der Waals surface area contributed by atoms with E-state index in [4.69, 9.17) is 4.74 Å². The molecule has 1 aliphatic carbocycles. The minimum atomic E-state index is -4.67. The van der Waals surface area contributed by atoms with Gasteiger partial charge in [-0.15, -0.1) is 0 Å². The molecule has 3 atom stereocenters. The Labute approximate surface area is 154 Å². The van der Waals surface area contributed by atoms with Crippen molar-refractivity contribution in [2.24, 2.45) is 5.92 Å². The lowest BCUT2D eigenvalue weighted by atomic mass is 9.89. The van der Waals surface area contributed by atoms with Gasteiger partial charge in [-0.25, -0.2) is 0 Å². The number of amides is 2. The first-order valence-corrected chi connectivity index (χ1v) is 9.26. The molecule has 0 radical (unpaired) electrons. The van der Waals surface area contributed by atoms with Crippen molar-refractivity contribution in [2.75, 3.05) is 6.54 Å². The molecule has 2 heterocycles. The summed E-state index contributed by atoms with van der Waals surface area (Å²) >= 11 is 0. The lowest BCUT2D eigenvalue weighted by molar-refractivity contribution is -0.213. The first-order valence-electron chi connectivity index (χ1n) is 9.26. The lowest BCUT2D eigenvalue weighted by Crippen LogP contribution is -2.54. The summed E-state index contributed by atoms with van der Waals surface area (Å²) < 4.78 is 45.6. The van der Waals surface area contributed by atoms with Crippen LogP contribution in [0.1, 0.15) is 31.2 Å². The highest BCUT2D eigenvalue weighted by Crippen LogP contribution is 2.38. The summed E-state index contributed by atoms with van der Waals surface area (Å²) in [7, 11) is 0. The van der Waals surface area contributed by atoms with Gasteiger partial charge in [0.15, 0.2) is 0 Å². The van der Waals surface area contributed by atoms with Crippen molar-refractivity contribution in [3.05, 3.63) is 29.8 Å². The largest absolute Gasteiger partial charge is 0.480 e. The van der Waals surface area contributed by atoms with E-state index in [1.54, 1.807) is 23.1 Å². The Balaban J connectivity index is 1.49. The fraction of sp³-hybridized carbons (Fsp3) is 0.579. The van der Waals surface area contributed by atoms with Crippen LogP contribution in [0.3, 0.4) is 0 Å². The highest BCUT2D eigenvalue weighted by atomic mass is 19.4. The van der Waals surface area contributed by atoms with Crippen molar-refractivity contribution in [2.45, 2.75) is 56.5 Å². The molecular formula is C19H21F3N2O3. The van der Waals surface area contributed by atoms with E-state index in [9.17, 15) is 22.8 Å². The minimum Gasteiger partial charge on any atom is -0.480 e. The molecule has 1 unspecified atom stereocenters. The summed E-state index contributed by atoms with van der Waals surface area (Å²) in [6.07, 6.45) is -3.54. The maximum absolute atomic E-state index is 13.5. The smallest absolute Gasteiger partial charge is 0.426 e. The molecule has 1 aromatic carbocycles. The number of rotatable bonds is 3. The molecule has 0 bridgehead atoms. The van der Waals surface area contributed by atoms with Gasteiger partial charge in [0, 0.05) is 12.6 Å². The van der Waals surface area contributed by atoms with Gasteiger partial charge in [0.1, 0.15) is 11.8 Å². The Morgan fingerprint density at radius 1 is 1.19 bits per heavy atom. The Kier molecular flexibility index (Phi) is 4.52. The van der Waals surface area contributed by atoms with Gasteiger partial charge in [-0.2, -0.15) is 13.2 Å². The quantitative estimate of drug-likeness (QED) is 0.874. The third kappa shape index (κ3) is 3.37. The topological polar surface area (TPSA) is 58.6 Å². The Morgan fingerprint density at radius 3 is 2.59 bits per heavy atom. The SMILES string of the molecule is O=C(NC1CCN(C2CCC2)C1=O)[C@@H]1Cc2ccccc2O[C@H]1C(F)(F)F. The van der Waals surface area contributed by atoms with E-state index < -0.39 is 30.1 Å². The summed E-state index contributed by atoms with van der Waals surface area (Å²) in [5.74, 6) is -2.23. The van der Waals surface area contributed by atoms with E-state index >= 15 is 0 Å². The van der Waals surface area contributed by atoms with Gasteiger partial charge in [-0.05, 0) is 43.7 Å². The number of alkyl halides is 3. The van der Waals surface area contributed by atoms with E-state index in [1.807, 2.05) is 0 Å². The Hall–Kier alpha value is -2.25. The van der Waals surface area contributed by atoms with Crippen LogP contribution in [-0.4, -0.2) is 47.6 Å². The number of fused-ring (bicyclic) bond motifs is 1. The molecule has 1 N–H and O–H groups in total. The molecule has 2 amide bonds. The fourth-order valence-corrected chi connectivity index (χ4v) is 4.05. The van der Waals surface area contributed by atoms with Crippen LogP contribution in [0.5, 0.6) is 5.75 Å². The molecule has 1 saturated carbocycles. The van der Waals surface area contributed by atoms with Crippen LogP contribution >= 0.6 is 0 Å². The molecule has 4 rings (SSSR count). The lowest BCUT2D eigenvalue weighted by Gasteiger charge is -2.35. The minimum absolute atomic E-state index is 0.0700. The van der Waals surface area contributed by atoms with Crippen molar-refractivity contribution in [1.82, 2.24) is 10.2 Å². The Bertz CT molecular complexity index is 748. The number of nitrogens with one attached hydrogen (secondary N) is 1. The highest BCUT2D eigenvalue weighted by molar-refractivity contribution is 5.90. The number of hydrogen-bond acceptors (Lipinski definition) is 3. The van der Waals surface area contributed by atoms with E-state index in [1.165, 1.54) is 6.07 Å². The zero-order valence-electron chi connectivity index (χ0n) is 14.7. The number of halogens is 3. The second kappa shape index (κ2) is 6.73. The second-order valence-electron chi connectivity index (χ2n) is 7.46. The van der Waals surface area contributed by atoms with E-state index in [2.05, 4.69) is 5.32 Å². The number of nitrogens with zero attached hydrogens (tertiary/aromatic N) is 1. The maximum Gasteiger partial charge on any atom is 0.426 e. The van der Waals surface area contributed by atoms with Crippen LogP contribution in [0.4, 0.5) is 13.2 Å². The van der Waals surface area contributed by atoms with Crippen LogP contribution in [0.15, 0.2) is 24.3 Å². The summed E-state index contributed by atoms with van der Waals surface area (Å²) in [4.78, 5) is 26.9. The second-order valence-corrected chi connectivity index (χ2v) is 7.46. The van der Waals surface area contributed by atoms with Gasteiger partial charge >= 0.3 is 6.18 Å². The average Bonchev–Trinajstić information content (AvgIpc) is 2.92. The molecule has 2 fully saturated rings. The first kappa shape index (κ1) is 18.1. The molecule has 1 aromatic rings. The maximum atomic E-state index is 13.5. The van der Waals surface area contributed by atoms with Crippen molar-refractivity contribution in [3.8, 4) is 5.75 Å². The van der Waals surface area contributed by atoms with Crippen molar-refractivity contribution in [1.29, 1.82) is 0 Å². The highest BCUT2D eigenvalue weighted by Gasteiger charge is 2.52. The predicted molar refractivity (Wildman–Crippen MR) is 90.0 cm³/mol. The van der Waals surface area contributed by atoms with E-state index in [0.717, 1.165) is 19.3 Å². The average molecular weight is 382 g/mol. The third-order valence-electron chi connectivity index (χ3n) is 5.76. The summed E-state index contributed by atoms with van der Waals surface area (Å²) in [5, 5.41) is 2.55. The molecule has 0 spiro atoms. The number of para-hydroxylation sites is 1. The normalized spacial score (nSPS) is 28.3. The number of ether oxygens (including phenoxy) is 1. The number of hydrogen-bond donors (Lipinski definition) is 1. The molecule has 8 heteroatoms. The molecule has 1 saturated heterocycles. The molecule has 2 aliphatic heterocycles. The molecule has 0 aromatic heterocycles. The summed E-state index contributed by atoms with van der Waals surface area (Å²) in [6.45, 7) is 0.543. The summed E-state index contributed by atoms with van der Waals surface area (Å²) in [6, 6.07) is 5.89. The monoisotopic (exact) mass is 382 g/mol. The standard InChI is InChI=1S/C19H21F3N2O3/c20-19(21,22)16-13(10-11-4-1-2-7-15(11)27-16)17(25)23-14-8-9-24(18(14)26)12-5-3-6-12/h1-2,4,7,12-14,16H,3,5-6,8-10H2,(H,23,25)/t13-,14?,16-/m1/s1. The van der Waals surface area contributed by atoms with Crippen LogP contribution < -0.4 is 10.1 Å².